The van der Waals surface area contributed by atoms with Crippen molar-refractivity contribution in [1.29, 1.82) is 0 Å². The van der Waals surface area contributed by atoms with Gasteiger partial charge in [0.2, 0.25) is 0 Å². The second-order valence-electron chi connectivity index (χ2n) is 5.33. The molecular weight excluding hydrogens is 262 g/mol. The minimum absolute atomic E-state index is 0.510. The van der Waals surface area contributed by atoms with E-state index in [1.807, 2.05) is 11.8 Å². The van der Waals surface area contributed by atoms with Crippen molar-refractivity contribution in [2.24, 2.45) is 0 Å². The van der Waals surface area contributed by atoms with E-state index in [1.54, 1.807) is 4.68 Å². The van der Waals surface area contributed by atoms with Crippen molar-refractivity contribution in [1.82, 2.24) is 14.8 Å². The minimum Gasteiger partial charge on any atom is -0.480 e. The summed E-state index contributed by atoms with van der Waals surface area (Å²) in [7, 11) is 0. The molecule has 5 nitrogen and oxygen atoms in total. The van der Waals surface area contributed by atoms with Crippen LogP contribution in [0.15, 0.2) is 0 Å². The zero-order valence-electron chi connectivity index (χ0n) is 10.9. The first-order chi connectivity index (χ1) is 9.24. The summed E-state index contributed by atoms with van der Waals surface area (Å²) < 4.78 is 1.65. The van der Waals surface area contributed by atoms with Crippen LogP contribution in [0.5, 0.6) is 0 Å². The number of aliphatic carboxylic acids is 1. The fourth-order valence-corrected chi connectivity index (χ4v) is 4.19. The monoisotopic (exact) mass is 281 g/mol. The van der Waals surface area contributed by atoms with E-state index in [1.165, 1.54) is 25.0 Å². The summed E-state index contributed by atoms with van der Waals surface area (Å²) in [5.41, 5.74) is 0. The highest BCUT2D eigenvalue weighted by molar-refractivity contribution is 7.99. The van der Waals surface area contributed by atoms with Gasteiger partial charge < -0.3 is 5.11 Å². The molecule has 1 saturated heterocycles. The Bertz CT molecular complexity index is 468. The van der Waals surface area contributed by atoms with Crippen LogP contribution in [0.2, 0.25) is 0 Å². The number of aromatic nitrogens is 3. The molecule has 0 bridgehead atoms. The topological polar surface area (TPSA) is 68.0 Å². The molecule has 0 radical (unpaired) electrons. The molecule has 2 aliphatic rings. The normalized spacial score (nSPS) is 26.9. The van der Waals surface area contributed by atoms with Gasteiger partial charge in [0, 0.05) is 18.1 Å². The Kier molecular flexibility index (Phi) is 3.77. The molecule has 0 aromatic carbocycles. The molecule has 104 valence electrons. The van der Waals surface area contributed by atoms with Gasteiger partial charge in [-0.1, -0.05) is 6.42 Å². The highest BCUT2D eigenvalue weighted by atomic mass is 32.2. The van der Waals surface area contributed by atoms with Gasteiger partial charge in [0.15, 0.2) is 11.9 Å². The number of thioether (sulfide) groups is 1. The van der Waals surface area contributed by atoms with E-state index in [2.05, 4.69) is 10.1 Å². The third-order valence-corrected chi connectivity index (χ3v) is 5.29. The first-order valence-corrected chi connectivity index (χ1v) is 8.07. The van der Waals surface area contributed by atoms with Gasteiger partial charge in [0.1, 0.15) is 5.82 Å². The van der Waals surface area contributed by atoms with E-state index in [0.29, 0.717) is 11.7 Å². The summed E-state index contributed by atoms with van der Waals surface area (Å²) in [6.45, 7) is 0. The summed E-state index contributed by atoms with van der Waals surface area (Å²) in [5.74, 6) is 2.14. The van der Waals surface area contributed by atoms with Crippen molar-refractivity contribution >= 4 is 17.7 Å². The lowest BCUT2D eigenvalue weighted by atomic mass is 10.1. The highest BCUT2D eigenvalue weighted by Crippen LogP contribution is 2.28. The number of hydrogen-bond acceptors (Lipinski definition) is 4. The number of carboxylic acid groups (broad SMARTS) is 1. The van der Waals surface area contributed by atoms with Gasteiger partial charge in [-0.2, -0.15) is 16.9 Å². The summed E-state index contributed by atoms with van der Waals surface area (Å²) in [6, 6.07) is -0.510. The molecule has 0 saturated carbocycles. The third-order valence-electron chi connectivity index (χ3n) is 3.89. The van der Waals surface area contributed by atoms with Crippen molar-refractivity contribution in [2.75, 3.05) is 5.75 Å². The van der Waals surface area contributed by atoms with Crippen LogP contribution in [0, 0.1) is 0 Å². The third kappa shape index (κ3) is 2.78. The molecule has 0 spiro atoms. The molecule has 19 heavy (non-hydrogen) atoms. The van der Waals surface area contributed by atoms with Crippen molar-refractivity contribution in [3.63, 3.8) is 0 Å². The van der Waals surface area contributed by atoms with E-state index in [-0.39, 0.29) is 0 Å². The summed E-state index contributed by atoms with van der Waals surface area (Å²) >= 11 is 2.01. The predicted molar refractivity (Wildman–Crippen MR) is 73.4 cm³/mol. The van der Waals surface area contributed by atoms with Crippen LogP contribution >= 0.6 is 11.8 Å². The second-order valence-corrected chi connectivity index (χ2v) is 6.74. The Morgan fingerprint density at radius 1 is 1.37 bits per heavy atom. The Hall–Kier alpha value is -1.04. The highest BCUT2D eigenvalue weighted by Gasteiger charge is 2.29. The maximum Gasteiger partial charge on any atom is 0.328 e. The van der Waals surface area contributed by atoms with Gasteiger partial charge in [0.25, 0.3) is 0 Å². The largest absolute Gasteiger partial charge is 0.480 e. The van der Waals surface area contributed by atoms with Crippen molar-refractivity contribution < 1.29 is 9.90 Å². The Morgan fingerprint density at radius 3 is 3.00 bits per heavy atom. The molecule has 2 unspecified atom stereocenters. The Labute approximate surface area is 116 Å². The number of hydrogen-bond donors (Lipinski definition) is 1. The maximum absolute atomic E-state index is 11.2. The van der Waals surface area contributed by atoms with Crippen molar-refractivity contribution in [2.45, 2.75) is 56.2 Å². The molecule has 1 aromatic heterocycles. The fraction of sp³-hybridized carbons (Fsp3) is 0.769. The number of carboxylic acids is 1. The molecule has 3 heterocycles. The number of aryl methyl sites for hydroxylation is 1. The lowest BCUT2D eigenvalue weighted by molar-refractivity contribution is -0.141. The van der Waals surface area contributed by atoms with Crippen LogP contribution in [-0.2, 0) is 17.6 Å². The van der Waals surface area contributed by atoms with Crippen LogP contribution < -0.4 is 0 Å². The molecule has 0 amide bonds. The van der Waals surface area contributed by atoms with Crippen LogP contribution in [0.4, 0.5) is 0 Å². The first kappa shape index (κ1) is 13.0. The van der Waals surface area contributed by atoms with Crippen LogP contribution in [0.1, 0.15) is 49.8 Å². The fourth-order valence-electron chi connectivity index (χ4n) is 2.89. The van der Waals surface area contributed by atoms with E-state index in [9.17, 15) is 9.90 Å². The van der Waals surface area contributed by atoms with Gasteiger partial charge in [-0.3, -0.25) is 0 Å². The van der Waals surface area contributed by atoms with Crippen molar-refractivity contribution in [3.05, 3.63) is 11.6 Å². The molecule has 1 N–H and O–H groups in total. The van der Waals surface area contributed by atoms with Gasteiger partial charge in [0.05, 0.1) is 0 Å². The van der Waals surface area contributed by atoms with Gasteiger partial charge in [-0.25, -0.2) is 14.5 Å². The summed E-state index contributed by atoms with van der Waals surface area (Å²) in [5, 5.41) is 14.3. The van der Waals surface area contributed by atoms with E-state index >= 15 is 0 Å². The Morgan fingerprint density at radius 2 is 2.26 bits per heavy atom. The standard InChI is InChI=1S/C13H19N3O2S/c17-13(18)10-5-3-6-12-14-11(15-16(10)12)8-9-4-1-2-7-19-9/h9-10H,1-8H2,(H,17,18). The lowest BCUT2D eigenvalue weighted by Crippen LogP contribution is -2.26. The lowest BCUT2D eigenvalue weighted by Gasteiger charge is -2.19. The van der Waals surface area contributed by atoms with Crippen molar-refractivity contribution in [3.8, 4) is 0 Å². The molecule has 1 aromatic rings. The number of rotatable bonds is 3. The molecule has 3 rings (SSSR count). The molecule has 0 aliphatic carbocycles. The molecular formula is C13H19N3O2S. The Balaban J connectivity index is 1.75. The molecule has 2 atom stereocenters. The minimum atomic E-state index is -0.788. The average Bonchev–Trinajstić information content (AvgIpc) is 2.81. The van der Waals surface area contributed by atoms with Crippen LogP contribution in [-0.4, -0.2) is 36.8 Å². The van der Waals surface area contributed by atoms with Gasteiger partial charge in [-0.15, -0.1) is 0 Å². The SMILES string of the molecule is O=C(O)C1CCCc2nc(CC3CCCCS3)nn21. The van der Waals surface area contributed by atoms with Crippen LogP contribution in [0.25, 0.3) is 0 Å². The maximum atomic E-state index is 11.2. The summed E-state index contributed by atoms with van der Waals surface area (Å²) in [6.07, 6.45) is 7.15. The van der Waals surface area contributed by atoms with E-state index in [4.69, 9.17) is 0 Å². The smallest absolute Gasteiger partial charge is 0.328 e. The molecule has 2 aliphatic heterocycles. The molecule has 6 heteroatoms. The zero-order chi connectivity index (χ0) is 13.2. The van der Waals surface area contributed by atoms with Gasteiger partial charge >= 0.3 is 5.97 Å². The molecule has 1 fully saturated rings. The number of fused-ring (bicyclic) bond motifs is 1. The average molecular weight is 281 g/mol. The van der Waals surface area contributed by atoms with E-state index in [0.717, 1.165) is 30.9 Å². The second kappa shape index (κ2) is 5.53. The van der Waals surface area contributed by atoms with Crippen LogP contribution in [0.3, 0.4) is 0 Å². The number of carbonyl (C=O) groups is 1. The van der Waals surface area contributed by atoms with Gasteiger partial charge in [-0.05, 0) is 31.4 Å². The summed E-state index contributed by atoms with van der Waals surface area (Å²) in [4.78, 5) is 15.8. The predicted octanol–water partition coefficient (Wildman–Crippen LogP) is 2.07. The van der Waals surface area contributed by atoms with E-state index < -0.39 is 12.0 Å². The first-order valence-electron chi connectivity index (χ1n) is 7.03. The quantitative estimate of drug-likeness (QED) is 0.918. The number of nitrogens with zero attached hydrogens (tertiary/aromatic N) is 3. The zero-order valence-corrected chi connectivity index (χ0v) is 11.7.